The van der Waals surface area contributed by atoms with Crippen molar-refractivity contribution < 1.29 is 22.7 Å². The van der Waals surface area contributed by atoms with Crippen molar-refractivity contribution in [1.29, 1.82) is 0 Å². The number of amides is 2. The number of nitrogens with zero attached hydrogens (tertiary/aromatic N) is 2. The first-order chi connectivity index (χ1) is 20.2. The van der Waals surface area contributed by atoms with Gasteiger partial charge in [0.05, 0.1) is 27.2 Å². The Hall–Kier alpha value is -2.98. The molecule has 232 valence electrons. The van der Waals surface area contributed by atoms with Crippen molar-refractivity contribution in [3.05, 3.63) is 87.4 Å². The lowest BCUT2D eigenvalue weighted by Gasteiger charge is -2.34. The van der Waals surface area contributed by atoms with Gasteiger partial charge < -0.3 is 15.0 Å². The normalized spacial score (nSPS) is 12.4. The summed E-state index contributed by atoms with van der Waals surface area (Å²) in [4.78, 5) is 29.0. The molecule has 43 heavy (non-hydrogen) atoms. The Balaban J connectivity index is 2.09. The van der Waals surface area contributed by atoms with Crippen LogP contribution in [0, 0.1) is 0 Å². The third kappa shape index (κ3) is 9.25. The van der Waals surface area contributed by atoms with Crippen molar-refractivity contribution in [1.82, 2.24) is 10.2 Å². The topological polar surface area (TPSA) is 96.0 Å². The molecule has 0 saturated heterocycles. The van der Waals surface area contributed by atoms with Crippen LogP contribution in [0.25, 0.3) is 0 Å². The monoisotopic (exact) mass is 667 g/mol. The van der Waals surface area contributed by atoms with E-state index >= 15 is 0 Å². The lowest BCUT2D eigenvalue weighted by atomic mass is 10.1. The standard InChI is InChI=1S/C31H36Cl3N3O5S/c1-6-28(30(39)35-31(3,4)5)36(19-21-8-17-26(33)27(34)18-21)29(38)20-37(23-11-13-24(14-12-23)42-7-2)43(40,41)25-15-9-22(32)10-16-25/h8-18,28H,6-7,19-20H2,1-5H3,(H,35,39). The molecule has 0 aliphatic carbocycles. The number of hydrogen-bond acceptors (Lipinski definition) is 5. The van der Waals surface area contributed by atoms with E-state index in [1.165, 1.54) is 29.2 Å². The summed E-state index contributed by atoms with van der Waals surface area (Å²) in [6.45, 7) is 9.00. The van der Waals surface area contributed by atoms with Crippen LogP contribution in [-0.4, -0.2) is 49.9 Å². The zero-order valence-electron chi connectivity index (χ0n) is 24.7. The highest BCUT2D eigenvalue weighted by atomic mass is 35.5. The van der Waals surface area contributed by atoms with Crippen molar-refractivity contribution in [2.75, 3.05) is 17.5 Å². The van der Waals surface area contributed by atoms with Gasteiger partial charge in [-0.3, -0.25) is 13.9 Å². The van der Waals surface area contributed by atoms with Gasteiger partial charge in [-0.2, -0.15) is 0 Å². The Morgan fingerprint density at radius 3 is 2.07 bits per heavy atom. The number of ether oxygens (including phenoxy) is 1. The fourth-order valence-electron chi connectivity index (χ4n) is 4.34. The summed E-state index contributed by atoms with van der Waals surface area (Å²) in [6, 6.07) is 16.1. The summed E-state index contributed by atoms with van der Waals surface area (Å²) in [7, 11) is -4.24. The second kappa shape index (κ2) is 14.7. The van der Waals surface area contributed by atoms with Gasteiger partial charge in [0.25, 0.3) is 10.0 Å². The maximum absolute atomic E-state index is 14.2. The van der Waals surface area contributed by atoms with Gasteiger partial charge in [0.1, 0.15) is 18.3 Å². The molecule has 0 spiro atoms. The molecule has 3 aromatic carbocycles. The highest BCUT2D eigenvalue weighted by Crippen LogP contribution is 2.28. The lowest BCUT2D eigenvalue weighted by Crippen LogP contribution is -2.55. The summed E-state index contributed by atoms with van der Waals surface area (Å²) >= 11 is 18.4. The minimum Gasteiger partial charge on any atom is -0.494 e. The van der Waals surface area contributed by atoms with Crippen LogP contribution in [-0.2, 0) is 26.2 Å². The van der Waals surface area contributed by atoms with Crippen LogP contribution < -0.4 is 14.4 Å². The van der Waals surface area contributed by atoms with Crippen molar-refractivity contribution in [3.8, 4) is 5.75 Å². The van der Waals surface area contributed by atoms with E-state index in [4.69, 9.17) is 39.5 Å². The van der Waals surface area contributed by atoms with Crippen molar-refractivity contribution >= 4 is 62.3 Å². The Morgan fingerprint density at radius 1 is 0.907 bits per heavy atom. The van der Waals surface area contributed by atoms with Crippen LogP contribution in [0.15, 0.2) is 71.6 Å². The molecular weight excluding hydrogens is 633 g/mol. The molecule has 2 amide bonds. The third-order valence-corrected chi connectivity index (χ3v) is 9.12. The van der Waals surface area contributed by atoms with Crippen LogP contribution in [0.4, 0.5) is 5.69 Å². The van der Waals surface area contributed by atoms with Gasteiger partial charge in [-0.05, 0) is 100 Å². The number of sulfonamides is 1. The molecule has 1 N–H and O–H groups in total. The zero-order valence-corrected chi connectivity index (χ0v) is 27.8. The summed E-state index contributed by atoms with van der Waals surface area (Å²) in [5.74, 6) is -0.405. The van der Waals surface area contributed by atoms with E-state index in [1.54, 1.807) is 49.4 Å². The SMILES string of the molecule is CCOc1ccc(N(CC(=O)N(Cc2ccc(Cl)c(Cl)c2)C(CC)C(=O)NC(C)(C)C)S(=O)(=O)c2ccc(Cl)cc2)cc1. The average molecular weight is 669 g/mol. The Bertz CT molecular complexity index is 1530. The van der Waals surface area contributed by atoms with Gasteiger partial charge in [0.2, 0.25) is 11.8 Å². The second-order valence-corrected chi connectivity index (χ2v) is 13.9. The van der Waals surface area contributed by atoms with Gasteiger partial charge in [0.15, 0.2) is 0 Å². The second-order valence-electron chi connectivity index (χ2n) is 10.8. The van der Waals surface area contributed by atoms with E-state index in [2.05, 4.69) is 5.32 Å². The van der Waals surface area contributed by atoms with Crippen LogP contribution >= 0.6 is 34.8 Å². The zero-order chi connectivity index (χ0) is 31.9. The minimum atomic E-state index is -4.24. The van der Waals surface area contributed by atoms with Gasteiger partial charge >= 0.3 is 0 Å². The predicted octanol–water partition coefficient (Wildman–Crippen LogP) is 6.96. The van der Waals surface area contributed by atoms with E-state index in [0.29, 0.717) is 33.0 Å². The molecule has 0 heterocycles. The van der Waals surface area contributed by atoms with Crippen LogP contribution in [0.5, 0.6) is 5.75 Å². The first-order valence-electron chi connectivity index (χ1n) is 13.7. The Morgan fingerprint density at radius 2 is 1.53 bits per heavy atom. The molecule has 0 saturated carbocycles. The first kappa shape index (κ1) is 34.5. The van der Waals surface area contributed by atoms with Crippen LogP contribution in [0.3, 0.4) is 0 Å². The van der Waals surface area contributed by atoms with Crippen molar-refractivity contribution in [2.24, 2.45) is 0 Å². The minimum absolute atomic E-state index is 0.0100. The summed E-state index contributed by atoms with van der Waals surface area (Å²) in [5, 5.41) is 3.94. The van der Waals surface area contributed by atoms with E-state index < -0.39 is 34.1 Å². The summed E-state index contributed by atoms with van der Waals surface area (Å²) in [6.07, 6.45) is 0.280. The quantitative estimate of drug-likeness (QED) is 0.225. The number of benzene rings is 3. The number of nitrogens with one attached hydrogen (secondary N) is 1. The molecule has 8 nitrogen and oxygen atoms in total. The predicted molar refractivity (Wildman–Crippen MR) is 173 cm³/mol. The lowest BCUT2D eigenvalue weighted by molar-refractivity contribution is -0.141. The molecule has 12 heteroatoms. The van der Waals surface area contributed by atoms with Gasteiger partial charge in [0, 0.05) is 17.1 Å². The highest BCUT2D eigenvalue weighted by Gasteiger charge is 2.34. The number of carbonyl (C=O) groups excluding carboxylic acids is 2. The average Bonchev–Trinajstić information content (AvgIpc) is 2.93. The first-order valence-corrected chi connectivity index (χ1v) is 16.3. The van der Waals surface area contributed by atoms with E-state index in [-0.39, 0.29) is 29.5 Å². The van der Waals surface area contributed by atoms with Crippen LogP contribution in [0.2, 0.25) is 15.1 Å². The smallest absolute Gasteiger partial charge is 0.264 e. The summed E-state index contributed by atoms with van der Waals surface area (Å²) < 4.78 is 34.5. The molecule has 0 aliphatic rings. The molecule has 1 unspecified atom stereocenters. The molecule has 0 aromatic heterocycles. The fraction of sp³-hybridized carbons (Fsp3) is 0.355. The Labute approximate surface area is 268 Å². The summed E-state index contributed by atoms with van der Waals surface area (Å²) in [5.41, 5.74) is 0.307. The maximum Gasteiger partial charge on any atom is 0.264 e. The fourth-order valence-corrected chi connectivity index (χ4v) is 6.21. The molecule has 3 rings (SSSR count). The molecule has 1 atom stereocenters. The Kier molecular flexibility index (Phi) is 11.8. The van der Waals surface area contributed by atoms with Gasteiger partial charge in [-0.15, -0.1) is 0 Å². The van der Waals surface area contributed by atoms with Crippen molar-refractivity contribution in [3.63, 3.8) is 0 Å². The largest absolute Gasteiger partial charge is 0.494 e. The van der Waals surface area contributed by atoms with Gasteiger partial charge in [-0.25, -0.2) is 8.42 Å². The molecule has 0 bridgehead atoms. The number of hydrogen-bond donors (Lipinski definition) is 1. The molecule has 0 radical (unpaired) electrons. The van der Waals surface area contributed by atoms with E-state index in [9.17, 15) is 18.0 Å². The molecule has 0 fully saturated rings. The maximum atomic E-state index is 14.2. The molecular formula is C31H36Cl3N3O5S. The molecule has 0 aliphatic heterocycles. The third-order valence-electron chi connectivity index (χ3n) is 6.34. The number of halogens is 3. The van der Waals surface area contributed by atoms with E-state index in [0.717, 1.165) is 4.31 Å². The van der Waals surface area contributed by atoms with Gasteiger partial charge in [-0.1, -0.05) is 47.8 Å². The highest BCUT2D eigenvalue weighted by molar-refractivity contribution is 7.92. The number of rotatable bonds is 12. The van der Waals surface area contributed by atoms with Crippen molar-refractivity contribution in [2.45, 2.75) is 64.1 Å². The molecule has 3 aromatic rings. The van der Waals surface area contributed by atoms with E-state index in [1.807, 2.05) is 27.7 Å². The number of carbonyl (C=O) groups is 2. The number of anilines is 1. The van der Waals surface area contributed by atoms with Crippen LogP contribution in [0.1, 0.15) is 46.6 Å².